The first kappa shape index (κ1) is 16.6. The van der Waals surface area contributed by atoms with Gasteiger partial charge in [-0.2, -0.15) is 0 Å². The minimum absolute atomic E-state index is 0.276. The number of rotatable bonds is 3. The smallest absolute Gasteiger partial charge is 0.319 e. The predicted molar refractivity (Wildman–Crippen MR) is 96.8 cm³/mol. The fourth-order valence-electron chi connectivity index (χ4n) is 2.50. The summed E-state index contributed by atoms with van der Waals surface area (Å²) in [6.07, 6.45) is 0. The summed E-state index contributed by atoms with van der Waals surface area (Å²) < 4.78 is 12.0. The monoisotopic (exact) mass is 390 g/mol. The van der Waals surface area contributed by atoms with Crippen molar-refractivity contribution in [1.82, 2.24) is 5.32 Å². The highest BCUT2D eigenvalue weighted by Gasteiger charge is 2.25. The molecular weight excluding hydrogens is 372 g/mol. The highest BCUT2D eigenvalue weighted by atomic mass is 79.9. The average molecular weight is 391 g/mol. The Morgan fingerprint density at radius 3 is 2.54 bits per heavy atom. The van der Waals surface area contributed by atoms with E-state index in [1.807, 2.05) is 56.3 Å². The van der Waals surface area contributed by atoms with Gasteiger partial charge in [0.15, 0.2) is 11.5 Å². The lowest BCUT2D eigenvalue weighted by Crippen LogP contribution is -2.43. The normalized spacial score (nSPS) is 13.3. The molecule has 1 aliphatic heterocycles. The molecule has 2 aromatic rings. The second kappa shape index (κ2) is 6.73. The Bertz CT molecular complexity index is 762. The van der Waals surface area contributed by atoms with Crippen molar-refractivity contribution in [3.8, 4) is 11.5 Å². The van der Waals surface area contributed by atoms with E-state index in [-0.39, 0.29) is 6.03 Å². The van der Waals surface area contributed by atoms with Gasteiger partial charge in [0.2, 0.25) is 0 Å². The molecule has 2 amide bonds. The Balaban J connectivity index is 1.73. The summed E-state index contributed by atoms with van der Waals surface area (Å²) in [5.74, 6) is 1.44. The zero-order valence-corrected chi connectivity index (χ0v) is 15.1. The van der Waals surface area contributed by atoms with E-state index in [1.54, 1.807) is 0 Å². The number of benzene rings is 2. The van der Waals surface area contributed by atoms with Crippen molar-refractivity contribution < 1.29 is 14.3 Å². The number of carbonyl (C=O) groups excluding carboxylic acids is 1. The van der Waals surface area contributed by atoms with Crippen LogP contribution >= 0.6 is 15.9 Å². The van der Waals surface area contributed by atoms with Gasteiger partial charge in [-0.05, 0) is 59.6 Å². The molecule has 0 aliphatic carbocycles. The van der Waals surface area contributed by atoms with Crippen LogP contribution in [0, 0.1) is 0 Å². The molecule has 1 aliphatic rings. The standard InChI is InChI=1S/C18H19BrN2O3/c1-18(2,12-7-8-15-16(11-12)24-10-9-23-15)21-17(22)20-14-6-4-3-5-13(14)19/h3-8,11H,9-10H2,1-2H3,(H2,20,21,22). The number of amides is 2. The van der Waals surface area contributed by atoms with Crippen LogP contribution in [0.15, 0.2) is 46.9 Å². The quantitative estimate of drug-likeness (QED) is 0.821. The van der Waals surface area contributed by atoms with Crippen LogP contribution in [-0.2, 0) is 5.54 Å². The first-order valence-corrected chi connectivity index (χ1v) is 8.49. The summed E-state index contributed by atoms with van der Waals surface area (Å²) in [4.78, 5) is 12.3. The van der Waals surface area contributed by atoms with E-state index in [4.69, 9.17) is 9.47 Å². The Morgan fingerprint density at radius 2 is 1.79 bits per heavy atom. The first-order chi connectivity index (χ1) is 11.5. The van der Waals surface area contributed by atoms with Gasteiger partial charge in [0.05, 0.1) is 11.2 Å². The van der Waals surface area contributed by atoms with Gasteiger partial charge in [-0.25, -0.2) is 4.79 Å². The molecule has 2 aromatic carbocycles. The van der Waals surface area contributed by atoms with Gasteiger partial charge < -0.3 is 20.1 Å². The van der Waals surface area contributed by atoms with Gasteiger partial charge in [0.1, 0.15) is 13.2 Å². The van der Waals surface area contributed by atoms with E-state index in [2.05, 4.69) is 26.6 Å². The molecular formula is C18H19BrN2O3. The van der Waals surface area contributed by atoms with Crippen molar-refractivity contribution in [2.24, 2.45) is 0 Å². The lowest BCUT2D eigenvalue weighted by atomic mass is 9.94. The van der Waals surface area contributed by atoms with Crippen LogP contribution in [0.2, 0.25) is 0 Å². The molecule has 126 valence electrons. The fourth-order valence-corrected chi connectivity index (χ4v) is 2.89. The minimum Gasteiger partial charge on any atom is -0.486 e. The van der Waals surface area contributed by atoms with Gasteiger partial charge in [-0.3, -0.25) is 0 Å². The summed E-state index contributed by atoms with van der Waals surface area (Å²) in [6.45, 7) is 4.98. The van der Waals surface area contributed by atoms with E-state index < -0.39 is 5.54 Å². The molecule has 0 fully saturated rings. The maximum atomic E-state index is 12.3. The number of urea groups is 1. The van der Waals surface area contributed by atoms with Crippen LogP contribution in [0.5, 0.6) is 11.5 Å². The number of hydrogen-bond acceptors (Lipinski definition) is 3. The molecule has 0 bridgehead atoms. The Kier molecular flexibility index (Phi) is 4.66. The predicted octanol–water partition coefficient (Wildman–Crippen LogP) is 4.28. The highest BCUT2D eigenvalue weighted by molar-refractivity contribution is 9.10. The van der Waals surface area contributed by atoms with Crippen LogP contribution in [0.4, 0.5) is 10.5 Å². The lowest BCUT2D eigenvalue weighted by Gasteiger charge is -2.29. The van der Waals surface area contributed by atoms with Crippen LogP contribution in [0.3, 0.4) is 0 Å². The van der Waals surface area contributed by atoms with E-state index in [0.717, 1.165) is 15.8 Å². The van der Waals surface area contributed by atoms with Crippen LogP contribution in [0.25, 0.3) is 0 Å². The Morgan fingerprint density at radius 1 is 1.08 bits per heavy atom. The number of ether oxygens (including phenoxy) is 2. The topological polar surface area (TPSA) is 59.6 Å². The van der Waals surface area contributed by atoms with E-state index >= 15 is 0 Å². The van der Waals surface area contributed by atoms with E-state index in [1.165, 1.54) is 0 Å². The number of halogens is 1. The van der Waals surface area contributed by atoms with Crippen molar-refractivity contribution in [3.05, 3.63) is 52.5 Å². The molecule has 6 heteroatoms. The number of hydrogen-bond donors (Lipinski definition) is 2. The van der Waals surface area contributed by atoms with Crippen LogP contribution in [0.1, 0.15) is 19.4 Å². The van der Waals surface area contributed by atoms with Gasteiger partial charge in [0.25, 0.3) is 0 Å². The molecule has 0 aromatic heterocycles. The second-order valence-corrected chi connectivity index (χ2v) is 6.90. The molecule has 0 unspecified atom stereocenters. The Hall–Kier alpha value is -2.21. The van der Waals surface area contributed by atoms with Gasteiger partial charge in [0, 0.05) is 4.47 Å². The summed E-state index contributed by atoms with van der Waals surface area (Å²) in [5, 5.41) is 5.83. The summed E-state index contributed by atoms with van der Waals surface area (Å²) in [6, 6.07) is 12.9. The first-order valence-electron chi connectivity index (χ1n) is 7.69. The third kappa shape index (κ3) is 3.64. The molecule has 1 heterocycles. The van der Waals surface area contributed by atoms with Crippen molar-refractivity contribution >= 4 is 27.6 Å². The fraction of sp³-hybridized carbons (Fsp3) is 0.278. The summed E-state index contributed by atoms with van der Waals surface area (Å²) >= 11 is 3.42. The molecule has 2 N–H and O–H groups in total. The van der Waals surface area contributed by atoms with Gasteiger partial charge in [-0.1, -0.05) is 18.2 Å². The van der Waals surface area contributed by atoms with E-state index in [9.17, 15) is 4.79 Å². The molecule has 0 saturated carbocycles. The number of nitrogens with one attached hydrogen (secondary N) is 2. The zero-order valence-electron chi connectivity index (χ0n) is 13.6. The third-order valence-corrected chi connectivity index (χ3v) is 4.50. The van der Waals surface area contributed by atoms with Gasteiger partial charge in [-0.15, -0.1) is 0 Å². The average Bonchev–Trinajstić information content (AvgIpc) is 2.56. The van der Waals surface area contributed by atoms with Gasteiger partial charge >= 0.3 is 6.03 Å². The molecule has 0 atom stereocenters. The molecule has 3 rings (SSSR count). The van der Waals surface area contributed by atoms with Crippen molar-refractivity contribution in [1.29, 1.82) is 0 Å². The zero-order chi connectivity index (χ0) is 17.2. The number of carbonyl (C=O) groups is 1. The lowest BCUT2D eigenvalue weighted by molar-refractivity contribution is 0.171. The number of para-hydroxylation sites is 1. The SMILES string of the molecule is CC(C)(NC(=O)Nc1ccccc1Br)c1ccc2c(c1)OCCO2. The van der Waals surface area contributed by atoms with Crippen LogP contribution < -0.4 is 20.1 Å². The van der Waals surface area contributed by atoms with E-state index in [0.29, 0.717) is 24.7 Å². The third-order valence-electron chi connectivity index (χ3n) is 3.81. The Labute approximate surface area is 149 Å². The second-order valence-electron chi connectivity index (χ2n) is 6.04. The van der Waals surface area contributed by atoms with Crippen molar-refractivity contribution in [2.45, 2.75) is 19.4 Å². The van der Waals surface area contributed by atoms with Crippen molar-refractivity contribution in [2.75, 3.05) is 18.5 Å². The molecule has 0 saturated heterocycles. The highest BCUT2D eigenvalue weighted by Crippen LogP contribution is 2.34. The number of anilines is 1. The maximum Gasteiger partial charge on any atom is 0.319 e. The molecule has 0 spiro atoms. The molecule has 0 radical (unpaired) electrons. The maximum absolute atomic E-state index is 12.3. The molecule has 5 nitrogen and oxygen atoms in total. The largest absolute Gasteiger partial charge is 0.486 e. The van der Waals surface area contributed by atoms with Crippen LogP contribution in [-0.4, -0.2) is 19.2 Å². The number of fused-ring (bicyclic) bond motifs is 1. The minimum atomic E-state index is -0.568. The van der Waals surface area contributed by atoms with Crippen molar-refractivity contribution in [3.63, 3.8) is 0 Å². The molecule has 24 heavy (non-hydrogen) atoms. The summed E-state index contributed by atoms with van der Waals surface area (Å²) in [7, 11) is 0. The summed E-state index contributed by atoms with van der Waals surface area (Å²) in [5.41, 5.74) is 1.09.